The molecule has 0 spiro atoms. The standard InChI is InChI=1S/C22H19N5O4/c1-3-20(28)24-19-11-16(6-4-13(19)2)26-12-18(21(25-26)27(30)31)14-5-7-17-15(10-14)8-9-23-22(17)29/h3-7,10-12H,1,8-9H2,2H3,(H,23,29)(H,24,28). The van der Waals surface area contributed by atoms with Gasteiger partial charge in [0.2, 0.25) is 5.91 Å². The maximum Gasteiger partial charge on any atom is 0.398 e. The van der Waals surface area contributed by atoms with Crippen LogP contribution in [0.25, 0.3) is 16.8 Å². The number of benzene rings is 2. The SMILES string of the molecule is C=CC(=O)Nc1cc(-n2cc(-c3ccc4c(c3)CCNC4=O)c([N+](=O)[O-])n2)ccc1C. The van der Waals surface area contributed by atoms with Crippen molar-refractivity contribution in [3.63, 3.8) is 0 Å². The molecule has 0 bridgehead atoms. The van der Waals surface area contributed by atoms with Gasteiger partial charge in [-0.3, -0.25) is 9.59 Å². The van der Waals surface area contributed by atoms with Crippen molar-refractivity contribution in [2.24, 2.45) is 0 Å². The van der Waals surface area contributed by atoms with Gasteiger partial charge < -0.3 is 20.7 Å². The molecule has 0 unspecified atom stereocenters. The van der Waals surface area contributed by atoms with Gasteiger partial charge in [0.15, 0.2) is 0 Å². The molecule has 4 rings (SSSR count). The molecule has 0 radical (unpaired) electrons. The minimum Gasteiger partial charge on any atom is -0.358 e. The quantitative estimate of drug-likeness (QED) is 0.375. The summed E-state index contributed by atoms with van der Waals surface area (Å²) in [6.07, 6.45) is 3.40. The molecule has 2 aromatic carbocycles. The highest BCUT2D eigenvalue weighted by atomic mass is 16.6. The van der Waals surface area contributed by atoms with Crippen LogP contribution in [0.5, 0.6) is 0 Å². The number of nitrogens with zero attached hydrogens (tertiary/aromatic N) is 3. The predicted molar refractivity (Wildman–Crippen MR) is 115 cm³/mol. The first-order valence-electron chi connectivity index (χ1n) is 9.57. The molecule has 1 aliphatic rings. The summed E-state index contributed by atoms with van der Waals surface area (Å²) in [7, 11) is 0. The van der Waals surface area contributed by atoms with E-state index in [1.165, 1.54) is 10.8 Å². The Kier molecular flexibility index (Phi) is 5.08. The highest BCUT2D eigenvalue weighted by molar-refractivity contribution is 5.99. The third-order valence-corrected chi connectivity index (χ3v) is 5.14. The Bertz CT molecular complexity index is 1240. The monoisotopic (exact) mass is 417 g/mol. The second-order valence-electron chi connectivity index (χ2n) is 7.14. The van der Waals surface area contributed by atoms with E-state index in [2.05, 4.69) is 22.3 Å². The molecule has 0 fully saturated rings. The first-order valence-corrected chi connectivity index (χ1v) is 9.57. The fourth-order valence-corrected chi connectivity index (χ4v) is 3.50. The molecule has 0 saturated heterocycles. The molecule has 156 valence electrons. The van der Waals surface area contributed by atoms with Crippen LogP contribution in [0.2, 0.25) is 0 Å². The minimum absolute atomic E-state index is 0.147. The third kappa shape index (κ3) is 3.80. The molecule has 0 saturated carbocycles. The summed E-state index contributed by atoms with van der Waals surface area (Å²) in [4.78, 5) is 34.8. The van der Waals surface area contributed by atoms with Gasteiger partial charge in [-0.2, -0.15) is 0 Å². The first-order chi connectivity index (χ1) is 14.9. The summed E-state index contributed by atoms with van der Waals surface area (Å²) in [6, 6.07) is 10.4. The number of hydrogen-bond donors (Lipinski definition) is 2. The van der Waals surface area contributed by atoms with E-state index in [1.54, 1.807) is 42.6 Å². The highest BCUT2D eigenvalue weighted by Crippen LogP contribution is 2.32. The van der Waals surface area contributed by atoms with Gasteiger partial charge in [0.05, 0.1) is 17.0 Å². The second kappa shape index (κ2) is 7.86. The lowest BCUT2D eigenvalue weighted by molar-refractivity contribution is -0.389. The average molecular weight is 417 g/mol. The number of rotatable bonds is 5. The number of fused-ring (bicyclic) bond motifs is 1. The third-order valence-electron chi connectivity index (χ3n) is 5.14. The van der Waals surface area contributed by atoms with Crippen molar-refractivity contribution in [3.05, 3.63) is 82.1 Å². The minimum atomic E-state index is -0.535. The van der Waals surface area contributed by atoms with Crippen LogP contribution in [0.3, 0.4) is 0 Å². The molecule has 0 aliphatic carbocycles. The van der Waals surface area contributed by atoms with Gasteiger partial charge in [0.1, 0.15) is 5.56 Å². The number of nitro groups is 1. The van der Waals surface area contributed by atoms with Gasteiger partial charge in [0, 0.05) is 17.8 Å². The Morgan fingerprint density at radius 3 is 2.84 bits per heavy atom. The number of nitrogens with one attached hydrogen (secondary N) is 2. The summed E-state index contributed by atoms with van der Waals surface area (Å²) < 4.78 is 1.41. The van der Waals surface area contributed by atoms with Crippen molar-refractivity contribution in [3.8, 4) is 16.8 Å². The Hall–Kier alpha value is -4.27. The van der Waals surface area contributed by atoms with Crippen LogP contribution < -0.4 is 10.6 Å². The fraction of sp³-hybridized carbons (Fsp3) is 0.136. The van der Waals surface area contributed by atoms with E-state index in [9.17, 15) is 19.7 Å². The zero-order valence-electron chi connectivity index (χ0n) is 16.7. The molecule has 2 heterocycles. The van der Waals surface area contributed by atoms with Crippen molar-refractivity contribution in [1.29, 1.82) is 0 Å². The van der Waals surface area contributed by atoms with Gasteiger partial charge in [0.25, 0.3) is 5.91 Å². The van der Waals surface area contributed by atoms with Gasteiger partial charge in [-0.25, -0.2) is 0 Å². The van der Waals surface area contributed by atoms with Crippen LogP contribution in [0.1, 0.15) is 21.5 Å². The van der Waals surface area contributed by atoms with E-state index in [4.69, 9.17) is 0 Å². The Morgan fingerprint density at radius 1 is 1.29 bits per heavy atom. The van der Waals surface area contributed by atoms with Crippen molar-refractivity contribution in [2.45, 2.75) is 13.3 Å². The van der Waals surface area contributed by atoms with Crippen LogP contribution in [0.15, 0.2) is 55.3 Å². The molecule has 3 aromatic rings. The normalized spacial score (nSPS) is 12.6. The lowest BCUT2D eigenvalue weighted by atomic mass is 9.96. The van der Waals surface area contributed by atoms with Crippen LogP contribution in [0.4, 0.5) is 11.5 Å². The largest absolute Gasteiger partial charge is 0.398 e. The number of aromatic nitrogens is 2. The Balaban J connectivity index is 1.78. The number of aryl methyl sites for hydroxylation is 1. The van der Waals surface area contributed by atoms with Crippen LogP contribution in [0, 0.1) is 17.0 Å². The van der Waals surface area contributed by atoms with E-state index in [0.717, 1.165) is 11.1 Å². The molecule has 1 aromatic heterocycles. The molecular formula is C22H19N5O4. The van der Waals surface area contributed by atoms with Crippen molar-refractivity contribution in [1.82, 2.24) is 15.1 Å². The smallest absolute Gasteiger partial charge is 0.358 e. The van der Waals surface area contributed by atoms with Crippen molar-refractivity contribution < 1.29 is 14.5 Å². The molecule has 1 aliphatic heterocycles. The summed E-state index contributed by atoms with van der Waals surface area (Å²) in [5.74, 6) is -0.797. The molecule has 2 amide bonds. The summed E-state index contributed by atoms with van der Waals surface area (Å²) >= 11 is 0. The van der Waals surface area contributed by atoms with E-state index < -0.39 is 4.92 Å². The Morgan fingerprint density at radius 2 is 2.10 bits per heavy atom. The average Bonchev–Trinajstić information content (AvgIpc) is 3.21. The van der Waals surface area contributed by atoms with Crippen molar-refractivity contribution >= 4 is 23.3 Å². The topological polar surface area (TPSA) is 119 Å². The van der Waals surface area contributed by atoms with E-state index in [0.29, 0.717) is 41.0 Å². The Labute approximate surface area is 177 Å². The zero-order valence-corrected chi connectivity index (χ0v) is 16.7. The second-order valence-corrected chi connectivity index (χ2v) is 7.14. The molecular weight excluding hydrogens is 398 g/mol. The molecule has 0 atom stereocenters. The number of carbonyl (C=O) groups excluding carboxylic acids is 2. The highest BCUT2D eigenvalue weighted by Gasteiger charge is 2.25. The summed E-state index contributed by atoms with van der Waals surface area (Å²) in [6.45, 7) is 5.80. The van der Waals surface area contributed by atoms with Gasteiger partial charge in [-0.05, 0) is 65.3 Å². The van der Waals surface area contributed by atoms with Crippen LogP contribution in [-0.2, 0) is 11.2 Å². The van der Waals surface area contributed by atoms with Crippen LogP contribution in [-0.4, -0.2) is 33.1 Å². The zero-order chi connectivity index (χ0) is 22.1. The number of amides is 2. The maximum atomic E-state index is 12.0. The van der Waals surface area contributed by atoms with Gasteiger partial charge in [-0.1, -0.05) is 18.7 Å². The van der Waals surface area contributed by atoms with Crippen molar-refractivity contribution in [2.75, 3.05) is 11.9 Å². The first kappa shape index (κ1) is 20.0. The number of anilines is 1. The van der Waals surface area contributed by atoms with Gasteiger partial charge in [-0.15, -0.1) is 4.68 Å². The molecule has 9 nitrogen and oxygen atoms in total. The molecule has 2 N–H and O–H groups in total. The lowest BCUT2D eigenvalue weighted by Gasteiger charge is -2.16. The molecule has 9 heteroatoms. The fourth-order valence-electron chi connectivity index (χ4n) is 3.50. The lowest BCUT2D eigenvalue weighted by Crippen LogP contribution is -2.31. The molecule has 31 heavy (non-hydrogen) atoms. The number of hydrogen-bond acceptors (Lipinski definition) is 5. The number of carbonyl (C=O) groups is 2. The van der Waals surface area contributed by atoms with E-state index in [1.807, 2.05) is 6.92 Å². The van der Waals surface area contributed by atoms with Crippen LogP contribution >= 0.6 is 0 Å². The maximum absolute atomic E-state index is 12.0. The van der Waals surface area contributed by atoms with Gasteiger partial charge >= 0.3 is 5.82 Å². The summed E-state index contributed by atoms with van der Waals surface area (Å²) in [5.41, 5.74) is 4.31. The van der Waals surface area contributed by atoms with E-state index in [-0.39, 0.29) is 17.6 Å². The van der Waals surface area contributed by atoms with E-state index >= 15 is 0 Å². The summed E-state index contributed by atoms with van der Waals surface area (Å²) in [5, 5.41) is 21.3. The predicted octanol–water partition coefficient (Wildman–Crippen LogP) is 3.17.